The van der Waals surface area contributed by atoms with E-state index in [0.717, 1.165) is 24.5 Å². The Morgan fingerprint density at radius 3 is 2.55 bits per heavy atom. The van der Waals surface area contributed by atoms with Gasteiger partial charge in [0.1, 0.15) is 5.82 Å². The number of rotatable bonds is 7. The molecule has 1 unspecified atom stereocenters. The van der Waals surface area contributed by atoms with Crippen LogP contribution in [0.15, 0.2) is 18.2 Å². The van der Waals surface area contributed by atoms with Gasteiger partial charge in [-0.25, -0.2) is 12.8 Å². The van der Waals surface area contributed by atoms with Gasteiger partial charge in [0, 0.05) is 13.0 Å². The van der Waals surface area contributed by atoms with E-state index in [1.165, 1.54) is 0 Å². The van der Waals surface area contributed by atoms with Gasteiger partial charge in [-0.3, -0.25) is 14.3 Å². The van der Waals surface area contributed by atoms with Crippen LogP contribution in [-0.4, -0.2) is 38.2 Å². The summed E-state index contributed by atoms with van der Waals surface area (Å²) in [4.78, 5) is 22.6. The molecule has 122 valence electrons. The van der Waals surface area contributed by atoms with Gasteiger partial charge in [-0.05, 0) is 24.1 Å². The number of anilines is 1. The maximum atomic E-state index is 13.3. The van der Waals surface area contributed by atoms with Gasteiger partial charge in [-0.15, -0.1) is 0 Å². The van der Waals surface area contributed by atoms with E-state index in [1.807, 2.05) is 0 Å². The fourth-order valence-corrected chi connectivity index (χ4v) is 2.30. The Bertz CT molecular complexity index is 675. The normalized spacial score (nSPS) is 12.5. The number of hydrogen-bond donors (Lipinski definition) is 3. The number of carbonyl (C=O) groups is 2. The monoisotopic (exact) mass is 332 g/mol. The van der Waals surface area contributed by atoms with E-state index in [4.69, 9.17) is 5.11 Å². The molecule has 0 spiro atoms. The van der Waals surface area contributed by atoms with Crippen molar-refractivity contribution < 1.29 is 27.5 Å². The van der Waals surface area contributed by atoms with Crippen LogP contribution >= 0.6 is 0 Å². The predicted molar refractivity (Wildman–Crippen MR) is 78.6 cm³/mol. The zero-order valence-electron chi connectivity index (χ0n) is 12.1. The van der Waals surface area contributed by atoms with Crippen LogP contribution in [0, 0.1) is 11.7 Å². The first-order valence-corrected chi connectivity index (χ1v) is 8.25. The molecule has 3 N–H and O–H groups in total. The molecule has 0 aromatic heterocycles. The molecule has 1 amide bonds. The molecule has 0 aliphatic carbocycles. The van der Waals surface area contributed by atoms with E-state index < -0.39 is 27.7 Å². The molecule has 0 saturated carbocycles. The number of carbonyl (C=O) groups excluding carboxylic acids is 1. The SMILES string of the molecule is CC(CNC(=O)c1cc(F)ccc1NS(C)(=O)=O)CC(=O)O. The average Bonchev–Trinajstić information content (AvgIpc) is 2.35. The zero-order chi connectivity index (χ0) is 16.9. The molecule has 0 bridgehead atoms. The molecule has 1 rings (SSSR count). The highest BCUT2D eigenvalue weighted by molar-refractivity contribution is 7.92. The van der Waals surface area contributed by atoms with Gasteiger partial charge < -0.3 is 10.4 Å². The molecule has 1 atom stereocenters. The number of nitrogens with one attached hydrogen (secondary N) is 2. The summed E-state index contributed by atoms with van der Waals surface area (Å²) >= 11 is 0. The Labute approximate surface area is 127 Å². The number of carboxylic acid groups (broad SMARTS) is 1. The second-order valence-corrected chi connectivity index (χ2v) is 6.73. The minimum absolute atomic E-state index is 0.0488. The van der Waals surface area contributed by atoms with Crippen LogP contribution < -0.4 is 10.0 Å². The first-order valence-electron chi connectivity index (χ1n) is 6.36. The summed E-state index contributed by atoms with van der Waals surface area (Å²) in [6, 6.07) is 3.08. The van der Waals surface area contributed by atoms with Crippen molar-refractivity contribution >= 4 is 27.6 Å². The lowest BCUT2D eigenvalue weighted by Crippen LogP contribution is -2.30. The lowest BCUT2D eigenvalue weighted by molar-refractivity contribution is -0.137. The highest BCUT2D eigenvalue weighted by atomic mass is 32.2. The molecule has 0 heterocycles. The number of benzene rings is 1. The molecule has 7 nitrogen and oxygen atoms in total. The minimum atomic E-state index is -3.62. The quantitative estimate of drug-likeness (QED) is 0.690. The molecule has 0 aliphatic heterocycles. The standard InChI is InChI=1S/C13H17FN2O5S/c1-8(5-12(17)18)7-15-13(19)10-6-9(14)3-4-11(10)16-22(2,20)21/h3-4,6,8,16H,5,7H2,1-2H3,(H,15,19)(H,17,18). The highest BCUT2D eigenvalue weighted by Gasteiger charge is 2.16. The Hall–Kier alpha value is -2.16. The van der Waals surface area contributed by atoms with E-state index in [1.54, 1.807) is 6.92 Å². The number of hydrogen-bond acceptors (Lipinski definition) is 4. The molecular weight excluding hydrogens is 315 g/mol. The van der Waals surface area contributed by atoms with Crippen molar-refractivity contribution in [3.05, 3.63) is 29.6 Å². The van der Waals surface area contributed by atoms with Crippen LogP contribution in [-0.2, 0) is 14.8 Å². The summed E-state index contributed by atoms with van der Waals surface area (Å²) in [5, 5.41) is 11.1. The van der Waals surface area contributed by atoms with Crippen molar-refractivity contribution in [3.8, 4) is 0 Å². The third-order valence-electron chi connectivity index (χ3n) is 2.66. The first kappa shape index (κ1) is 17.9. The van der Waals surface area contributed by atoms with Gasteiger partial charge in [0.15, 0.2) is 0 Å². The number of sulfonamides is 1. The van der Waals surface area contributed by atoms with Crippen LogP contribution in [0.3, 0.4) is 0 Å². The van der Waals surface area contributed by atoms with Crippen LogP contribution in [0.5, 0.6) is 0 Å². The fourth-order valence-electron chi connectivity index (χ4n) is 1.73. The van der Waals surface area contributed by atoms with Crippen molar-refractivity contribution in [1.82, 2.24) is 5.32 Å². The fraction of sp³-hybridized carbons (Fsp3) is 0.385. The van der Waals surface area contributed by atoms with Gasteiger partial charge in [-0.1, -0.05) is 6.92 Å². The summed E-state index contributed by atoms with van der Waals surface area (Å²) in [5.74, 6) is -2.70. The Balaban J connectivity index is 2.87. The third kappa shape index (κ3) is 6.08. The molecule has 0 aliphatic rings. The van der Waals surface area contributed by atoms with E-state index in [-0.39, 0.29) is 30.1 Å². The summed E-state index contributed by atoms with van der Waals surface area (Å²) < 4.78 is 37.9. The Kier molecular flexibility index (Phi) is 5.86. The van der Waals surface area contributed by atoms with Crippen molar-refractivity contribution in [2.24, 2.45) is 5.92 Å². The molecule has 22 heavy (non-hydrogen) atoms. The molecule has 9 heteroatoms. The van der Waals surface area contributed by atoms with Gasteiger partial charge in [0.2, 0.25) is 10.0 Å². The van der Waals surface area contributed by atoms with Gasteiger partial charge in [-0.2, -0.15) is 0 Å². The van der Waals surface area contributed by atoms with Crippen LogP contribution in [0.1, 0.15) is 23.7 Å². The van der Waals surface area contributed by atoms with Crippen LogP contribution in [0.25, 0.3) is 0 Å². The smallest absolute Gasteiger partial charge is 0.303 e. The summed E-state index contributed by atoms with van der Waals surface area (Å²) in [7, 11) is -3.62. The Morgan fingerprint density at radius 1 is 1.36 bits per heavy atom. The van der Waals surface area contributed by atoms with Crippen molar-refractivity contribution in [2.45, 2.75) is 13.3 Å². The number of aliphatic carboxylic acids is 1. The lowest BCUT2D eigenvalue weighted by atomic mass is 10.1. The van der Waals surface area contributed by atoms with Crippen molar-refractivity contribution in [3.63, 3.8) is 0 Å². The second kappa shape index (κ2) is 7.21. The zero-order valence-corrected chi connectivity index (χ0v) is 12.9. The second-order valence-electron chi connectivity index (χ2n) is 4.98. The largest absolute Gasteiger partial charge is 0.481 e. The molecule has 1 aromatic rings. The predicted octanol–water partition coefficient (Wildman–Crippen LogP) is 1.04. The summed E-state index contributed by atoms with van der Waals surface area (Å²) in [6.45, 7) is 1.70. The lowest BCUT2D eigenvalue weighted by Gasteiger charge is -2.13. The van der Waals surface area contributed by atoms with Crippen LogP contribution in [0.4, 0.5) is 10.1 Å². The summed E-state index contributed by atoms with van der Waals surface area (Å²) in [5.41, 5.74) is -0.222. The molecule has 0 radical (unpaired) electrons. The first-order chi connectivity index (χ1) is 10.1. The highest BCUT2D eigenvalue weighted by Crippen LogP contribution is 2.18. The van der Waals surface area contributed by atoms with E-state index in [0.29, 0.717) is 0 Å². The number of carboxylic acids is 1. The molecule has 0 saturated heterocycles. The number of halogens is 1. The maximum absolute atomic E-state index is 13.3. The molecule has 1 aromatic carbocycles. The Morgan fingerprint density at radius 2 is 2.00 bits per heavy atom. The van der Waals surface area contributed by atoms with Gasteiger partial charge in [0.05, 0.1) is 17.5 Å². The average molecular weight is 332 g/mol. The topological polar surface area (TPSA) is 113 Å². The van der Waals surface area contributed by atoms with E-state index >= 15 is 0 Å². The van der Waals surface area contributed by atoms with E-state index in [2.05, 4.69) is 10.0 Å². The minimum Gasteiger partial charge on any atom is -0.481 e. The van der Waals surface area contributed by atoms with Gasteiger partial charge >= 0.3 is 5.97 Å². The van der Waals surface area contributed by atoms with Crippen molar-refractivity contribution in [2.75, 3.05) is 17.5 Å². The third-order valence-corrected chi connectivity index (χ3v) is 3.25. The molecule has 0 fully saturated rings. The van der Waals surface area contributed by atoms with E-state index in [9.17, 15) is 22.4 Å². The van der Waals surface area contributed by atoms with Crippen molar-refractivity contribution in [1.29, 1.82) is 0 Å². The molecular formula is C13H17FN2O5S. The van der Waals surface area contributed by atoms with Crippen LogP contribution in [0.2, 0.25) is 0 Å². The summed E-state index contributed by atoms with van der Waals surface area (Å²) in [6.07, 6.45) is 0.783. The number of amides is 1. The van der Waals surface area contributed by atoms with Gasteiger partial charge in [0.25, 0.3) is 5.91 Å². The maximum Gasteiger partial charge on any atom is 0.303 e.